The molecular formula is C19H19F3N2O2. The molecular weight excluding hydrogens is 345 g/mol. The van der Waals surface area contributed by atoms with E-state index < -0.39 is 23.6 Å². The quantitative estimate of drug-likeness (QED) is 0.891. The lowest BCUT2D eigenvalue weighted by molar-refractivity contribution is -0.144. The van der Waals surface area contributed by atoms with Gasteiger partial charge in [-0.2, -0.15) is 13.2 Å². The average molecular weight is 364 g/mol. The van der Waals surface area contributed by atoms with Gasteiger partial charge in [0.1, 0.15) is 0 Å². The van der Waals surface area contributed by atoms with Crippen LogP contribution in [0.1, 0.15) is 35.6 Å². The van der Waals surface area contributed by atoms with Crippen molar-refractivity contribution in [2.75, 3.05) is 13.1 Å². The normalized spacial score (nSPS) is 19.9. The third-order valence-corrected chi connectivity index (χ3v) is 4.74. The van der Waals surface area contributed by atoms with Crippen molar-refractivity contribution in [3.63, 3.8) is 0 Å². The average Bonchev–Trinajstić information content (AvgIpc) is 2.63. The van der Waals surface area contributed by atoms with Crippen LogP contribution in [0.3, 0.4) is 0 Å². The van der Waals surface area contributed by atoms with Gasteiger partial charge in [-0.15, -0.1) is 0 Å². The monoisotopic (exact) mass is 364 g/mol. The van der Waals surface area contributed by atoms with Crippen molar-refractivity contribution in [1.29, 1.82) is 0 Å². The van der Waals surface area contributed by atoms with Crippen LogP contribution in [-0.2, 0) is 11.0 Å². The van der Waals surface area contributed by atoms with Gasteiger partial charge in [-0.1, -0.05) is 12.1 Å². The largest absolute Gasteiger partial charge is 0.481 e. The standard InChI is InChI=1S/C19H19F3N2O2/c20-19(21,22)16-5-3-13(4-6-16)17(14-7-9-23-10-8-14)24-11-1-2-15(12-24)18(25)26/h3-10,15,17H,1-2,11-12H2,(H,25,26). The van der Waals surface area contributed by atoms with Gasteiger partial charge in [0.15, 0.2) is 0 Å². The van der Waals surface area contributed by atoms with Crippen molar-refractivity contribution in [2.24, 2.45) is 5.92 Å². The Bertz CT molecular complexity index is 748. The summed E-state index contributed by atoms with van der Waals surface area (Å²) in [6.07, 6.45) is 0.224. The van der Waals surface area contributed by atoms with Crippen molar-refractivity contribution >= 4 is 5.97 Å². The van der Waals surface area contributed by atoms with Gasteiger partial charge >= 0.3 is 12.1 Å². The first kappa shape index (κ1) is 18.4. The van der Waals surface area contributed by atoms with Gasteiger partial charge in [-0.05, 0) is 54.8 Å². The van der Waals surface area contributed by atoms with Gasteiger partial charge in [0.2, 0.25) is 0 Å². The minimum absolute atomic E-state index is 0.303. The lowest BCUT2D eigenvalue weighted by Gasteiger charge is -2.37. The van der Waals surface area contributed by atoms with E-state index in [1.54, 1.807) is 12.4 Å². The number of carbonyl (C=O) groups is 1. The molecule has 2 unspecified atom stereocenters. The molecule has 138 valence electrons. The van der Waals surface area contributed by atoms with Crippen molar-refractivity contribution in [2.45, 2.75) is 25.1 Å². The first-order chi connectivity index (χ1) is 12.4. The number of hydrogen-bond donors (Lipinski definition) is 1. The zero-order valence-corrected chi connectivity index (χ0v) is 14.0. The number of benzene rings is 1. The Morgan fingerprint density at radius 2 is 1.73 bits per heavy atom. The predicted octanol–water partition coefficient (Wildman–Crippen LogP) is 3.99. The Kier molecular flexibility index (Phi) is 5.27. The second kappa shape index (κ2) is 7.45. The van der Waals surface area contributed by atoms with Gasteiger partial charge in [0.25, 0.3) is 0 Å². The Morgan fingerprint density at radius 3 is 2.31 bits per heavy atom. The van der Waals surface area contributed by atoms with Crippen LogP contribution in [0.2, 0.25) is 0 Å². The van der Waals surface area contributed by atoms with E-state index in [9.17, 15) is 23.1 Å². The summed E-state index contributed by atoms with van der Waals surface area (Å²) in [5, 5.41) is 9.34. The number of likely N-dealkylation sites (tertiary alicyclic amines) is 1. The second-order valence-electron chi connectivity index (χ2n) is 6.48. The molecule has 1 aromatic carbocycles. The number of nitrogens with zero attached hydrogens (tertiary/aromatic N) is 2. The fourth-order valence-electron chi connectivity index (χ4n) is 3.46. The number of aromatic nitrogens is 1. The van der Waals surface area contributed by atoms with Crippen LogP contribution in [0.5, 0.6) is 0 Å². The SMILES string of the molecule is O=C(O)C1CCCN(C(c2ccncc2)c2ccc(C(F)(F)F)cc2)C1. The van der Waals surface area contributed by atoms with Crippen molar-refractivity contribution < 1.29 is 23.1 Å². The molecule has 26 heavy (non-hydrogen) atoms. The molecule has 2 heterocycles. The zero-order valence-electron chi connectivity index (χ0n) is 14.0. The van der Waals surface area contributed by atoms with E-state index in [1.165, 1.54) is 12.1 Å². The molecule has 0 bridgehead atoms. The highest BCUT2D eigenvalue weighted by atomic mass is 19.4. The lowest BCUT2D eigenvalue weighted by atomic mass is 9.91. The van der Waals surface area contributed by atoms with Gasteiger partial charge in [0.05, 0.1) is 17.5 Å². The number of alkyl halides is 3. The summed E-state index contributed by atoms with van der Waals surface area (Å²) in [5.41, 5.74) is 0.887. The van der Waals surface area contributed by atoms with Crippen LogP contribution in [0.25, 0.3) is 0 Å². The summed E-state index contributed by atoms with van der Waals surface area (Å²) >= 11 is 0. The predicted molar refractivity (Wildman–Crippen MR) is 89.5 cm³/mol. The van der Waals surface area contributed by atoms with E-state index >= 15 is 0 Å². The van der Waals surface area contributed by atoms with Gasteiger partial charge in [0, 0.05) is 18.9 Å². The third-order valence-electron chi connectivity index (χ3n) is 4.74. The van der Waals surface area contributed by atoms with E-state index in [2.05, 4.69) is 4.98 Å². The molecule has 0 radical (unpaired) electrons. The Hall–Kier alpha value is -2.41. The molecule has 2 aromatic rings. The zero-order chi connectivity index (χ0) is 18.7. The number of piperidine rings is 1. The summed E-state index contributed by atoms with van der Waals surface area (Å²) in [6, 6.07) is 8.41. The molecule has 2 atom stereocenters. The molecule has 1 aliphatic rings. The highest BCUT2D eigenvalue weighted by molar-refractivity contribution is 5.70. The summed E-state index contributed by atoms with van der Waals surface area (Å²) in [4.78, 5) is 17.4. The van der Waals surface area contributed by atoms with E-state index in [4.69, 9.17) is 0 Å². The molecule has 3 rings (SSSR count). The summed E-state index contributed by atoms with van der Waals surface area (Å²) in [7, 11) is 0. The van der Waals surface area contributed by atoms with E-state index in [1.807, 2.05) is 17.0 Å². The number of halogens is 3. The fourth-order valence-corrected chi connectivity index (χ4v) is 3.46. The van der Waals surface area contributed by atoms with Crippen LogP contribution in [0.15, 0.2) is 48.8 Å². The minimum atomic E-state index is -4.38. The maximum atomic E-state index is 12.9. The van der Waals surface area contributed by atoms with Crippen molar-refractivity contribution in [3.8, 4) is 0 Å². The first-order valence-corrected chi connectivity index (χ1v) is 8.40. The van der Waals surface area contributed by atoms with Crippen LogP contribution in [0.4, 0.5) is 13.2 Å². The molecule has 4 nitrogen and oxygen atoms in total. The van der Waals surface area contributed by atoms with Crippen molar-refractivity contribution in [1.82, 2.24) is 9.88 Å². The van der Waals surface area contributed by atoms with Gasteiger partial charge < -0.3 is 5.11 Å². The molecule has 0 aliphatic carbocycles. The molecule has 1 N–H and O–H groups in total. The highest BCUT2D eigenvalue weighted by Gasteiger charge is 2.33. The number of aliphatic carboxylic acids is 1. The molecule has 7 heteroatoms. The smallest absolute Gasteiger partial charge is 0.416 e. The number of carboxylic acid groups (broad SMARTS) is 1. The molecule has 1 fully saturated rings. The number of carboxylic acids is 1. The maximum absolute atomic E-state index is 12.9. The fraction of sp³-hybridized carbons (Fsp3) is 0.368. The molecule has 0 amide bonds. The first-order valence-electron chi connectivity index (χ1n) is 8.40. The van der Waals surface area contributed by atoms with Crippen LogP contribution >= 0.6 is 0 Å². The summed E-state index contributed by atoms with van der Waals surface area (Å²) < 4.78 is 38.6. The topological polar surface area (TPSA) is 53.4 Å². The highest BCUT2D eigenvalue weighted by Crippen LogP contribution is 2.35. The lowest BCUT2D eigenvalue weighted by Crippen LogP contribution is -2.41. The summed E-state index contributed by atoms with van der Waals surface area (Å²) in [6.45, 7) is 1.06. The number of pyridine rings is 1. The molecule has 1 aromatic heterocycles. The molecule has 0 spiro atoms. The van der Waals surface area contributed by atoms with E-state index in [0.717, 1.165) is 24.1 Å². The third kappa shape index (κ3) is 4.04. The van der Waals surface area contributed by atoms with Gasteiger partial charge in [-0.3, -0.25) is 14.7 Å². The van der Waals surface area contributed by atoms with Crippen LogP contribution in [-0.4, -0.2) is 34.0 Å². The Morgan fingerprint density at radius 1 is 1.12 bits per heavy atom. The molecule has 1 aliphatic heterocycles. The van der Waals surface area contributed by atoms with Crippen LogP contribution < -0.4 is 0 Å². The minimum Gasteiger partial charge on any atom is -0.481 e. The molecule has 0 saturated carbocycles. The number of hydrogen-bond acceptors (Lipinski definition) is 3. The Labute approximate surface area is 149 Å². The molecule has 1 saturated heterocycles. The van der Waals surface area contributed by atoms with Gasteiger partial charge in [-0.25, -0.2) is 0 Å². The summed E-state index contributed by atoms with van der Waals surface area (Å²) in [5.74, 6) is -1.31. The van der Waals surface area contributed by atoms with E-state index in [-0.39, 0.29) is 6.04 Å². The second-order valence-corrected chi connectivity index (χ2v) is 6.48. The van der Waals surface area contributed by atoms with E-state index in [0.29, 0.717) is 25.1 Å². The van der Waals surface area contributed by atoms with Crippen LogP contribution in [0, 0.1) is 5.92 Å². The number of rotatable bonds is 4. The van der Waals surface area contributed by atoms with Crippen molar-refractivity contribution in [3.05, 3.63) is 65.5 Å². The maximum Gasteiger partial charge on any atom is 0.416 e. The Balaban J connectivity index is 1.95.